The van der Waals surface area contributed by atoms with E-state index in [9.17, 15) is 9.18 Å². The molecule has 1 aliphatic rings. The molecule has 15 heavy (non-hydrogen) atoms. The maximum atomic E-state index is 12.9. The molecule has 1 atom stereocenters. The molecule has 1 aromatic rings. The maximum absolute atomic E-state index is 12.9. The zero-order valence-corrected chi connectivity index (χ0v) is 8.74. The molecule has 1 saturated heterocycles. The summed E-state index contributed by atoms with van der Waals surface area (Å²) < 4.78 is 12.9. The molecule has 0 saturated carbocycles. The Morgan fingerprint density at radius 1 is 1.53 bits per heavy atom. The van der Waals surface area contributed by atoms with Crippen LogP contribution in [0.3, 0.4) is 0 Å². The summed E-state index contributed by atoms with van der Waals surface area (Å²) >= 11 is 0. The van der Waals surface area contributed by atoms with E-state index in [1.54, 1.807) is 6.07 Å². The molecule has 2 nitrogen and oxygen atoms in total. The minimum Gasteiger partial charge on any atom is -0.368 e. The van der Waals surface area contributed by atoms with Crippen molar-refractivity contribution in [3.05, 3.63) is 29.6 Å². The maximum Gasteiger partial charge on any atom is 0.152 e. The van der Waals surface area contributed by atoms with E-state index in [-0.39, 0.29) is 5.82 Å². The van der Waals surface area contributed by atoms with Crippen LogP contribution in [0, 0.1) is 5.82 Å². The molecule has 0 bridgehead atoms. The zero-order valence-electron chi connectivity index (χ0n) is 8.74. The fourth-order valence-electron chi connectivity index (χ4n) is 2.17. The van der Waals surface area contributed by atoms with E-state index in [0.29, 0.717) is 11.6 Å². The van der Waals surface area contributed by atoms with Gasteiger partial charge in [-0.1, -0.05) is 0 Å². The molecule has 1 aromatic carbocycles. The van der Waals surface area contributed by atoms with Crippen LogP contribution in [0.2, 0.25) is 0 Å². The summed E-state index contributed by atoms with van der Waals surface area (Å²) in [7, 11) is 0. The second kappa shape index (κ2) is 4.01. The summed E-state index contributed by atoms with van der Waals surface area (Å²) in [6, 6.07) is 4.84. The number of anilines is 1. The van der Waals surface area contributed by atoms with E-state index in [1.165, 1.54) is 12.1 Å². The van der Waals surface area contributed by atoms with Crippen molar-refractivity contribution in [1.29, 1.82) is 0 Å². The number of benzene rings is 1. The number of carbonyl (C=O) groups is 1. The van der Waals surface area contributed by atoms with Gasteiger partial charge in [0.15, 0.2) is 6.29 Å². The van der Waals surface area contributed by atoms with Crippen molar-refractivity contribution in [2.75, 3.05) is 11.4 Å². The van der Waals surface area contributed by atoms with E-state index < -0.39 is 0 Å². The molecule has 1 aliphatic heterocycles. The normalized spacial score (nSPS) is 20.7. The highest BCUT2D eigenvalue weighted by Crippen LogP contribution is 2.28. The highest BCUT2D eigenvalue weighted by molar-refractivity contribution is 5.84. The van der Waals surface area contributed by atoms with E-state index in [1.807, 2.05) is 0 Å². The van der Waals surface area contributed by atoms with Gasteiger partial charge in [-0.2, -0.15) is 0 Å². The van der Waals surface area contributed by atoms with Crippen LogP contribution in [-0.2, 0) is 0 Å². The van der Waals surface area contributed by atoms with Crippen LogP contribution in [0.4, 0.5) is 10.1 Å². The van der Waals surface area contributed by atoms with Crippen molar-refractivity contribution < 1.29 is 9.18 Å². The molecule has 3 heteroatoms. The Hall–Kier alpha value is -1.38. The number of hydrogen-bond donors (Lipinski definition) is 0. The fraction of sp³-hybridized carbons (Fsp3) is 0.417. The van der Waals surface area contributed by atoms with Gasteiger partial charge in [0.25, 0.3) is 0 Å². The minimum atomic E-state index is -0.354. The summed E-state index contributed by atoms with van der Waals surface area (Å²) in [4.78, 5) is 13.0. The van der Waals surface area contributed by atoms with Gasteiger partial charge in [-0.05, 0) is 38.0 Å². The predicted octanol–water partition coefficient (Wildman–Crippen LogP) is 2.63. The third kappa shape index (κ3) is 1.87. The largest absolute Gasteiger partial charge is 0.368 e. The second-order valence-corrected chi connectivity index (χ2v) is 4.01. The second-order valence-electron chi connectivity index (χ2n) is 4.01. The molecule has 0 radical (unpaired) electrons. The van der Waals surface area contributed by atoms with Crippen LogP contribution in [0.25, 0.3) is 0 Å². The van der Waals surface area contributed by atoms with E-state index in [2.05, 4.69) is 11.8 Å². The van der Waals surface area contributed by atoms with Gasteiger partial charge < -0.3 is 4.90 Å². The number of rotatable bonds is 2. The zero-order chi connectivity index (χ0) is 10.8. The predicted molar refractivity (Wildman–Crippen MR) is 57.8 cm³/mol. The van der Waals surface area contributed by atoms with Gasteiger partial charge in [0.05, 0.1) is 0 Å². The molecule has 80 valence electrons. The first-order chi connectivity index (χ1) is 7.22. The highest BCUT2D eigenvalue weighted by atomic mass is 19.1. The van der Waals surface area contributed by atoms with Crippen LogP contribution in [-0.4, -0.2) is 18.9 Å². The minimum absolute atomic E-state index is 0.354. The lowest BCUT2D eigenvalue weighted by Crippen LogP contribution is -2.27. The fourth-order valence-corrected chi connectivity index (χ4v) is 2.17. The first kappa shape index (κ1) is 10.1. The van der Waals surface area contributed by atoms with E-state index >= 15 is 0 Å². The van der Waals surface area contributed by atoms with Crippen LogP contribution in [0.15, 0.2) is 18.2 Å². The number of carbonyl (C=O) groups excluding carboxylic acids is 1. The van der Waals surface area contributed by atoms with Crippen LogP contribution in [0.1, 0.15) is 30.1 Å². The number of aldehydes is 1. The first-order valence-electron chi connectivity index (χ1n) is 5.24. The quantitative estimate of drug-likeness (QED) is 0.695. The Morgan fingerprint density at radius 3 is 2.93 bits per heavy atom. The average Bonchev–Trinajstić information content (AvgIpc) is 2.64. The molecule has 1 heterocycles. The van der Waals surface area contributed by atoms with Crippen molar-refractivity contribution in [2.24, 2.45) is 0 Å². The summed E-state index contributed by atoms with van der Waals surface area (Å²) in [5, 5.41) is 0. The Morgan fingerprint density at radius 2 is 2.33 bits per heavy atom. The lowest BCUT2D eigenvalue weighted by Gasteiger charge is -2.25. The van der Waals surface area contributed by atoms with E-state index in [4.69, 9.17) is 0 Å². The lowest BCUT2D eigenvalue weighted by molar-refractivity contribution is 0.112. The SMILES string of the molecule is CC1CCCN1c1ccc(F)cc1C=O. The molecule has 2 rings (SSSR count). The molecule has 0 spiro atoms. The molecule has 1 fully saturated rings. The van der Waals surface area contributed by atoms with Gasteiger partial charge in [-0.15, -0.1) is 0 Å². The van der Waals surface area contributed by atoms with Crippen molar-refractivity contribution in [1.82, 2.24) is 0 Å². The topological polar surface area (TPSA) is 20.3 Å². The van der Waals surface area contributed by atoms with Crippen LogP contribution >= 0.6 is 0 Å². The summed E-state index contributed by atoms with van der Waals surface area (Å²) in [5.41, 5.74) is 1.31. The molecule has 0 N–H and O–H groups in total. The van der Waals surface area contributed by atoms with Crippen LogP contribution in [0.5, 0.6) is 0 Å². The molecular weight excluding hydrogens is 193 g/mol. The smallest absolute Gasteiger partial charge is 0.152 e. The van der Waals surface area contributed by atoms with Gasteiger partial charge in [0.2, 0.25) is 0 Å². The van der Waals surface area contributed by atoms with Gasteiger partial charge in [0, 0.05) is 23.8 Å². The monoisotopic (exact) mass is 207 g/mol. The third-order valence-corrected chi connectivity index (χ3v) is 2.98. The average molecular weight is 207 g/mol. The van der Waals surface area contributed by atoms with Crippen molar-refractivity contribution in [2.45, 2.75) is 25.8 Å². The molecule has 1 unspecified atom stereocenters. The third-order valence-electron chi connectivity index (χ3n) is 2.98. The van der Waals surface area contributed by atoms with Gasteiger partial charge in [-0.3, -0.25) is 4.79 Å². The van der Waals surface area contributed by atoms with Gasteiger partial charge in [-0.25, -0.2) is 4.39 Å². The molecular formula is C12H14FNO. The first-order valence-corrected chi connectivity index (χ1v) is 5.24. The molecule has 0 aliphatic carbocycles. The standard InChI is InChI=1S/C12H14FNO/c1-9-3-2-6-14(9)12-5-4-11(13)7-10(12)8-15/h4-5,7-9H,2-3,6H2,1H3. The Balaban J connectivity index is 2.38. The summed E-state index contributed by atoms with van der Waals surface area (Å²) in [6.07, 6.45) is 3.00. The number of nitrogens with zero attached hydrogens (tertiary/aromatic N) is 1. The Bertz CT molecular complexity index is 378. The molecule has 0 amide bonds. The van der Waals surface area contributed by atoms with Crippen molar-refractivity contribution in [3.8, 4) is 0 Å². The van der Waals surface area contributed by atoms with E-state index in [0.717, 1.165) is 31.4 Å². The van der Waals surface area contributed by atoms with Gasteiger partial charge in [0.1, 0.15) is 5.82 Å². The highest BCUT2D eigenvalue weighted by Gasteiger charge is 2.22. The van der Waals surface area contributed by atoms with Gasteiger partial charge >= 0.3 is 0 Å². The summed E-state index contributed by atoms with van der Waals surface area (Å²) in [5.74, 6) is -0.354. The van der Waals surface area contributed by atoms with Crippen molar-refractivity contribution >= 4 is 12.0 Å². The van der Waals surface area contributed by atoms with Crippen molar-refractivity contribution in [3.63, 3.8) is 0 Å². The molecule has 0 aromatic heterocycles. The van der Waals surface area contributed by atoms with Crippen LogP contribution < -0.4 is 4.90 Å². The lowest BCUT2D eigenvalue weighted by atomic mass is 10.1. The summed E-state index contributed by atoms with van der Waals surface area (Å²) in [6.45, 7) is 3.08. The Kier molecular flexibility index (Phi) is 2.71. The Labute approximate surface area is 88.7 Å². The number of hydrogen-bond acceptors (Lipinski definition) is 2. The number of halogens is 1.